The molecule has 4 rings (SSSR count). The van der Waals surface area contributed by atoms with Gasteiger partial charge in [0, 0.05) is 52.6 Å². The van der Waals surface area contributed by atoms with Crippen LogP contribution in [0.4, 0.5) is 10.1 Å². The molecule has 1 fully saturated rings. The van der Waals surface area contributed by atoms with Crippen molar-refractivity contribution in [3.05, 3.63) is 53.8 Å². The summed E-state index contributed by atoms with van der Waals surface area (Å²) < 4.78 is 58.3. The second kappa shape index (κ2) is 10.8. The summed E-state index contributed by atoms with van der Waals surface area (Å²) in [5.74, 6) is -1.03. The van der Waals surface area contributed by atoms with Crippen LogP contribution in [0.5, 0.6) is 5.75 Å². The first kappa shape index (κ1) is 25.8. The monoisotopic (exact) mass is 507 g/mol. The molecular formula is C25H34FN3O5S. The minimum Gasteiger partial charge on any atom is -0.496 e. The van der Waals surface area contributed by atoms with Gasteiger partial charge in [-0.05, 0) is 55.8 Å². The zero-order chi connectivity index (χ0) is 25.1. The molecule has 0 radical (unpaired) electrons. The highest BCUT2D eigenvalue weighted by Crippen LogP contribution is 2.44. The first-order valence-corrected chi connectivity index (χ1v) is 13.3. The molecule has 0 aromatic heterocycles. The molecule has 8 nitrogen and oxygen atoms in total. The van der Waals surface area contributed by atoms with E-state index in [1.54, 1.807) is 18.2 Å². The molecule has 10 heteroatoms. The lowest BCUT2D eigenvalue weighted by Gasteiger charge is -2.41. The average Bonchev–Trinajstić information content (AvgIpc) is 2.88. The van der Waals surface area contributed by atoms with Crippen molar-refractivity contribution in [1.82, 2.24) is 9.21 Å². The van der Waals surface area contributed by atoms with Crippen molar-refractivity contribution in [3.8, 4) is 5.75 Å². The smallest absolute Gasteiger partial charge is 0.243 e. The average molecular weight is 508 g/mol. The van der Waals surface area contributed by atoms with Gasteiger partial charge in [0.25, 0.3) is 0 Å². The van der Waals surface area contributed by atoms with Gasteiger partial charge in [-0.15, -0.1) is 0 Å². The van der Waals surface area contributed by atoms with Gasteiger partial charge in [-0.25, -0.2) is 12.8 Å². The van der Waals surface area contributed by atoms with Crippen molar-refractivity contribution in [2.24, 2.45) is 0 Å². The lowest BCUT2D eigenvalue weighted by Crippen LogP contribution is -2.51. The van der Waals surface area contributed by atoms with Crippen molar-refractivity contribution < 1.29 is 27.0 Å². The molecule has 35 heavy (non-hydrogen) atoms. The van der Waals surface area contributed by atoms with E-state index in [2.05, 4.69) is 9.80 Å². The van der Waals surface area contributed by atoms with E-state index < -0.39 is 15.8 Å². The van der Waals surface area contributed by atoms with Crippen LogP contribution in [0.2, 0.25) is 0 Å². The topological polar surface area (TPSA) is 71.6 Å². The number of fused-ring (bicyclic) bond motifs is 1. The zero-order valence-corrected chi connectivity index (χ0v) is 21.4. The molecule has 192 valence electrons. The second-order valence-electron chi connectivity index (χ2n) is 8.85. The number of ether oxygens (including phenoxy) is 3. The quantitative estimate of drug-likeness (QED) is 0.382. The number of nitrogens with zero attached hydrogens (tertiary/aromatic N) is 3. The van der Waals surface area contributed by atoms with Crippen LogP contribution in [0.15, 0.2) is 47.4 Å². The maximum absolute atomic E-state index is 13.4. The fraction of sp³-hybridized carbons (Fsp3) is 0.520. The van der Waals surface area contributed by atoms with Crippen LogP contribution in [0.3, 0.4) is 0 Å². The van der Waals surface area contributed by atoms with E-state index in [0.717, 1.165) is 51.3 Å². The molecule has 1 saturated heterocycles. The van der Waals surface area contributed by atoms with Gasteiger partial charge in [0.15, 0.2) is 0 Å². The predicted molar refractivity (Wildman–Crippen MR) is 132 cm³/mol. The minimum atomic E-state index is -3.71. The summed E-state index contributed by atoms with van der Waals surface area (Å²) >= 11 is 0. The number of halogens is 1. The fourth-order valence-electron chi connectivity index (χ4n) is 4.93. The zero-order valence-electron chi connectivity index (χ0n) is 20.6. The van der Waals surface area contributed by atoms with E-state index in [1.165, 1.54) is 37.8 Å². The maximum atomic E-state index is 13.4. The van der Waals surface area contributed by atoms with Crippen LogP contribution in [-0.4, -0.2) is 84.8 Å². The summed E-state index contributed by atoms with van der Waals surface area (Å²) in [4.78, 5) is 4.81. The van der Waals surface area contributed by atoms with Crippen LogP contribution in [0.25, 0.3) is 0 Å². The predicted octanol–water partition coefficient (Wildman–Crippen LogP) is 2.89. The number of sulfonamides is 1. The molecule has 2 aromatic rings. The number of unbranched alkanes of at least 4 members (excludes halogenated alkanes) is 1. The lowest BCUT2D eigenvalue weighted by atomic mass is 10.0. The molecule has 0 saturated carbocycles. The Morgan fingerprint density at radius 3 is 2.20 bits per heavy atom. The molecule has 2 aliphatic rings. The molecular weight excluding hydrogens is 473 g/mol. The number of piperazine rings is 1. The van der Waals surface area contributed by atoms with E-state index >= 15 is 0 Å². The number of rotatable bonds is 9. The Hall–Kier alpha value is -2.24. The van der Waals surface area contributed by atoms with Gasteiger partial charge in [0.1, 0.15) is 11.6 Å². The normalized spacial score (nSPS) is 19.9. The first-order chi connectivity index (χ1) is 16.8. The highest BCUT2D eigenvalue weighted by molar-refractivity contribution is 7.89. The number of methoxy groups -OCH3 is 3. The van der Waals surface area contributed by atoms with Crippen molar-refractivity contribution in [1.29, 1.82) is 0 Å². The van der Waals surface area contributed by atoms with Crippen molar-refractivity contribution in [2.75, 3.05) is 72.0 Å². The number of benzene rings is 2. The first-order valence-electron chi connectivity index (χ1n) is 11.9. The van der Waals surface area contributed by atoms with E-state index in [4.69, 9.17) is 14.2 Å². The van der Waals surface area contributed by atoms with Crippen molar-refractivity contribution >= 4 is 15.7 Å². The Morgan fingerprint density at radius 2 is 1.57 bits per heavy atom. The summed E-state index contributed by atoms with van der Waals surface area (Å²) in [6.07, 6.45) is 1.60. The highest BCUT2D eigenvalue weighted by atomic mass is 32.2. The Kier molecular flexibility index (Phi) is 7.97. The second-order valence-corrected chi connectivity index (χ2v) is 10.8. The van der Waals surface area contributed by atoms with E-state index in [-0.39, 0.29) is 17.3 Å². The molecule has 0 N–H and O–H groups in total. The lowest BCUT2D eigenvalue weighted by molar-refractivity contribution is -0.224. The van der Waals surface area contributed by atoms with Crippen molar-refractivity contribution in [3.63, 3.8) is 0 Å². The summed E-state index contributed by atoms with van der Waals surface area (Å²) in [7, 11) is 0.828. The van der Waals surface area contributed by atoms with Crippen LogP contribution < -0.4 is 9.64 Å². The third-order valence-corrected chi connectivity index (χ3v) is 8.83. The molecule has 0 atom stereocenters. The fourth-order valence-corrected chi connectivity index (χ4v) is 6.68. The Balaban J connectivity index is 1.34. The van der Waals surface area contributed by atoms with Gasteiger partial charge < -0.3 is 19.1 Å². The minimum absolute atomic E-state index is 0.0616. The van der Waals surface area contributed by atoms with Gasteiger partial charge in [0.2, 0.25) is 15.8 Å². The van der Waals surface area contributed by atoms with Gasteiger partial charge in [-0.1, -0.05) is 6.07 Å². The third-order valence-electron chi connectivity index (χ3n) is 6.95. The van der Waals surface area contributed by atoms with Crippen LogP contribution in [0, 0.1) is 5.82 Å². The van der Waals surface area contributed by atoms with Crippen LogP contribution in [-0.2, 0) is 25.3 Å². The van der Waals surface area contributed by atoms with E-state index in [9.17, 15) is 12.8 Å². The maximum Gasteiger partial charge on any atom is 0.243 e. The Labute approximate surface area is 207 Å². The van der Waals surface area contributed by atoms with Gasteiger partial charge in [-0.2, -0.15) is 4.31 Å². The largest absolute Gasteiger partial charge is 0.496 e. The molecule has 0 spiro atoms. The Bertz CT molecular complexity index is 1100. The SMILES string of the molecule is COc1cccc2c1C(OC)(OC)CN(CCCCN1CCN(c3ccc(F)cc3)CC1)S2(=O)=O. The standard InChI is InChI=1S/C25H34FN3O5S/c1-32-22-7-6-8-23-24(22)25(33-2,34-3)19-29(35(23,30)31)14-5-4-13-27-15-17-28(18-16-27)21-11-9-20(26)10-12-21/h6-12H,4-5,13-19H2,1-3H3. The summed E-state index contributed by atoms with van der Waals surface area (Å²) in [6, 6.07) is 11.6. The van der Waals surface area contributed by atoms with E-state index in [1.807, 2.05) is 12.1 Å². The number of hydrogen-bond acceptors (Lipinski definition) is 7. The highest BCUT2D eigenvalue weighted by Gasteiger charge is 2.49. The molecule has 2 aromatic carbocycles. The van der Waals surface area contributed by atoms with Crippen LogP contribution >= 0.6 is 0 Å². The molecule has 2 aliphatic heterocycles. The van der Waals surface area contributed by atoms with Gasteiger partial charge in [-0.3, -0.25) is 4.90 Å². The summed E-state index contributed by atoms with van der Waals surface area (Å²) in [5.41, 5.74) is 1.45. The summed E-state index contributed by atoms with van der Waals surface area (Å²) in [6.45, 7) is 4.94. The molecule has 0 unspecified atom stereocenters. The summed E-state index contributed by atoms with van der Waals surface area (Å²) in [5, 5.41) is 0. The molecule has 0 aliphatic carbocycles. The number of anilines is 1. The van der Waals surface area contributed by atoms with Crippen molar-refractivity contribution in [2.45, 2.75) is 23.5 Å². The Morgan fingerprint density at radius 1 is 0.914 bits per heavy atom. The van der Waals surface area contributed by atoms with Gasteiger partial charge in [0.05, 0.1) is 24.1 Å². The van der Waals surface area contributed by atoms with E-state index in [0.29, 0.717) is 17.9 Å². The third kappa shape index (κ3) is 5.17. The van der Waals surface area contributed by atoms with Crippen LogP contribution in [0.1, 0.15) is 18.4 Å². The molecule has 0 amide bonds. The molecule has 2 heterocycles. The van der Waals surface area contributed by atoms with Gasteiger partial charge >= 0.3 is 0 Å². The molecule has 0 bridgehead atoms. The number of hydrogen-bond donors (Lipinski definition) is 0.